The van der Waals surface area contributed by atoms with E-state index in [1.807, 2.05) is 0 Å². The molecule has 2 heteroatoms. The second kappa shape index (κ2) is 7.78. The van der Waals surface area contributed by atoms with E-state index in [1.54, 1.807) is 10.8 Å². The van der Waals surface area contributed by atoms with Gasteiger partial charge < -0.3 is 0 Å². The van der Waals surface area contributed by atoms with Crippen LogP contribution in [0.5, 0.6) is 0 Å². The molecule has 152 valence electrons. The summed E-state index contributed by atoms with van der Waals surface area (Å²) in [5, 5.41) is 1.66. The highest BCUT2D eigenvalue weighted by Gasteiger charge is 2.28. The van der Waals surface area contributed by atoms with Gasteiger partial charge in [0.25, 0.3) is 0 Å². The zero-order valence-electron chi connectivity index (χ0n) is 19.4. The number of benzene rings is 1. The molecule has 0 N–H and O–H groups in total. The second-order valence-electron chi connectivity index (χ2n) is 11.1. The number of hydrogen-bond acceptors (Lipinski definition) is 0. The van der Waals surface area contributed by atoms with Gasteiger partial charge in [0.1, 0.15) is 7.05 Å². The summed E-state index contributed by atoms with van der Waals surface area (Å²) in [6.45, 7) is 16.7. The standard InChI is InChI=1S/C26H40NSi/c1-19-15-22(26(2,3)4)13-14-23(19)24-17-25(28(6,7)8)21(18-27(24)5)16-20-11-9-10-12-20/h13-15,17-18,20H,9-12,16H2,1-8H3/q+1. The van der Waals surface area contributed by atoms with Crippen molar-refractivity contribution in [1.82, 2.24) is 0 Å². The molecule has 0 radical (unpaired) electrons. The minimum atomic E-state index is -1.41. The van der Waals surface area contributed by atoms with Crippen molar-refractivity contribution < 1.29 is 4.57 Å². The molecule has 1 aromatic carbocycles. The lowest BCUT2D eigenvalue weighted by Gasteiger charge is -2.23. The molecule has 1 heterocycles. The highest BCUT2D eigenvalue weighted by Crippen LogP contribution is 2.30. The highest BCUT2D eigenvalue weighted by molar-refractivity contribution is 6.89. The van der Waals surface area contributed by atoms with E-state index in [-0.39, 0.29) is 5.41 Å². The van der Waals surface area contributed by atoms with Gasteiger partial charge in [-0.1, -0.05) is 78.2 Å². The second-order valence-corrected chi connectivity index (χ2v) is 16.1. The summed E-state index contributed by atoms with van der Waals surface area (Å²) in [6.07, 6.45) is 9.43. The Morgan fingerprint density at radius 2 is 1.68 bits per heavy atom. The number of rotatable bonds is 4. The summed E-state index contributed by atoms with van der Waals surface area (Å²) >= 11 is 0. The number of aryl methyl sites for hydroxylation is 2. The van der Waals surface area contributed by atoms with Crippen molar-refractivity contribution >= 4 is 13.3 Å². The van der Waals surface area contributed by atoms with Crippen LogP contribution in [0.25, 0.3) is 11.3 Å². The third kappa shape index (κ3) is 4.59. The van der Waals surface area contributed by atoms with Gasteiger partial charge >= 0.3 is 0 Å². The van der Waals surface area contributed by atoms with Gasteiger partial charge in [-0.2, -0.15) is 0 Å². The molecule has 28 heavy (non-hydrogen) atoms. The summed E-state index contributed by atoms with van der Waals surface area (Å²) in [5.41, 5.74) is 7.35. The SMILES string of the molecule is Cc1cc(C(C)(C)C)ccc1-c1cc([Si](C)(C)C)c(CC2CCCC2)c[n+]1C. The van der Waals surface area contributed by atoms with Crippen LogP contribution in [-0.4, -0.2) is 8.07 Å². The Hall–Kier alpha value is -1.41. The van der Waals surface area contributed by atoms with Crippen LogP contribution in [0.3, 0.4) is 0 Å². The summed E-state index contributed by atoms with van der Waals surface area (Å²) in [6, 6.07) is 9.59. The van der Waals surface area contributed by atoms with Gasteiger partial charge in [0.05, 0.1) is 8.07 Å². The molecule has 2 aromatic rings. The van der Waals surface area contributed by atoms with Crippen LogP contribution in [0.2, 0.25) is 19.6 Å². The van der Waals surface area contributed by atoms with Gasteiger partial charge in [-0.05, 0) is 47.1 Å². The molecule has 1 saturated carbocycles. The maximum Gasteiger partial charge on any atom is 0.212 e. The maximum atomic E-state index is 2.54. The molecule has 0 unspecified atom stereocenters. The number of pyridine rings is 1. The first-order valence-electron chi connectivity index (χ1n) is 11.1. The van der Waals surface area contributed by atoms with Gasteiger partial charge in [0.15, 0.2) is 6.20 Å². The summed E-state index contributed by atoms with van der Waals surface area (Å²) in [5.74, 6) is 0.897. The van der Waals surface area contributed by atoms with Crippen molar-refractivity contribution in [3.05, 3.63) is 47.2 Å². The van der Waals surface area contributed by atoms with E-state index in [0.29, 0.717) is 0 Å². The molecule has 0 aliphatic heterocycles. The third-order valence-corrected chi connectivity index (χ3v) is 8.60. The monoisotopic (exact) mass is 394 g/mol. The van der Waals surface area contributed by atoms with E-state index >= 15 is 0 Å². The average Bonchev–Trinajstić information content (AvgIpc) is 3.06. The zero-order valence-corrected chi connectivity index (χ0v) is 20.4. The fourth-order valence-corrected chi connectivity index (χ4v) is 6.48. The fourth-order valence-electron chi connectivity index (χ4n) is 4.78. The van der Waals surface area contributed by atoms with E-state index < -0.39 is 8.07 Å². The lowest BCUT2D eigenvalue weighted by atomic mass is 9.85. The molecule has 0 bridgehead atoms. The molecule has 0 amide bonds. The molecule has 1 fully saturated rings. The first-order valence-corrected chi connectivity index (χ1v) is 14.6. The molecule has 3 rings (SSSR count). The first-order chi connectivity index (χ1) is 13.0. The number of hydrogen-bond donors (Lipinski definition) is 0. The quantitative estimate of drug-likeness (QED) is 0.438. The van der Waals surface area contributed by atoms with Crippen LogP contribution in [0.15, 0.2) is 30.5 Å². The van der Waals surface area contributed by atoms with Crippen molar-refractivity contribution in [2.75, 3.05) is 0 Å². The van der Waals surface area contributed by atoms with Crippen LogP contribution in [0.4, 0.5) is 0 Å². The minimum absolute atomic E-state index is 0.195. The van der Waals surface area contributed by atoms with Gasteiger partial charge in [-0.25, -0.2) is 4.57 Å². The molecule has 1 aromatic heterocycles. The fraction of sp³-hybridized carbons (Fsp3) is 0.577. The molecule has 0 atom stereocenters. The Bertz CT molecular complexity index is 846. The molecule has 1 aliphatic rings. The van der Waals surface area contributed by atoms with Crippen molar-refractivity contribution in [3.8, 4) is 11.3 Å². The Morgan fingerprint density at radius 3 is 2.21 bits per heavy atom. The Balaban J connectivity index is 2.07. The topological polar surface area (TPSA) is 3.88 Å². The first kappa shape index (κ1) is 21.3. The molecule has 1 aliphatic carbocycles. The Labute approximate surface area is 174 Å². The Kier molecular flexibility index (Phi) is 5.92. The summed E-state index contributed by atoms with van der Waals surface area (Å²) in [7, 11) is 0.826. The smallest absolute Gasteiger partial charge is 0.201 e. The summed E-state index contributed by atoms with van der Waals surface area (Å²) in [4.78, 5) is 0. The average molecular weight is 395 g/mol. The van der Waals surface area contributed by atoms with Gasteiger partial charge in [-0.3, -0.25) is 0 Å². The number of nitrogens with zero attached hydrogens (tertiary/aromatic N) is 1. The predicted molar refractivity (Wildman–Crippen MR) is 125 cm³/mol. The van der Waals surface area contributed by atoms with Crippen molar-refractivity contribution in [1.29, 1.82) is 0 Å². The number of aromatic nitrogens is 1. The van der Waals surface area contributed by atoms with E-state index in [1.165, 1.54) is 54.5 Å². The van der Waals surface area contributed by atoms with E-state index in [9.17, 15) is 0 Å². The molecule has 0 spiro atoms. The lowest BCUT2D eigenvalue weighted by molar-refractivity contribution is -0.660. The molecule has 1 nitrogen and oxygen atoms in total. The van der Waals surface area contributed by atoms with E-state index in [2.05, 4.69) is 89.4 Å². The highest BCUT2D eigenvalue weighted by atomic mass is 28.3. The lowest BCUT2D eigenvalue weighted by Crippen LogP contribution is -2.45. The summed E-state index contributed by atoms with van der Waals surface area (Å²) < 4.78 is 2.38. The van der Waals surface area contributed by atoms with Crippen LogP contribution in [0.1, 0.15) is 63.1 Å². The van der Waals surface area contributed by atoms with Crippen LogP contribution in [0, 0.1) is 12.8 Å². The maximum absolute atomic E-state index is 2.54. The predicted octanol–water partition coefficient (Wildman–Crippen LogP) is 6.06. The van der Waals surface area contributed by atoms with Crippen LogP contribution >= 0.6 is 0 Å². The van der Waals surface area contributed by atoms with Gasteiger partial charge in [0, 0.05) is 17.2 Å². The van der Waals surface area contributed by atoms with Gasteiger partial charge in [-0.15, -0.1) is 0 Å². The van der Waals surface area contributed by atoms with E-state index in [4.69, 9.17) is 0 Å². The van der Waals surface area contributed by atoms with Gasteiger partial charge in [0.2, 0.25) is 5.69 Å². The third-order valence-electron chi connectivity index (χ3n) is 6.52. The normalized spacial score (nSPS) is 16.0. The largest absolute Gasteiger partial charge is 0.212 e. The van der Waals surface area contributed by atoms with Crippen LogP contribution < -0.4 is 9.75 Å². The molecular weight excluding hydrogens is 354 g/mol. The van der Waals surface area contributed by atoms with Crippen LogP contribution in [-0.2, 0) is 18.9 Å². The molecule has 0 saturated heterocycles. The molecular formula is C26H40NSi+. The minimum Gasteiger partial charge on any atom is -0.201 e. The van der Waals surface area contributed by atoms with Crippen molar-refractivity contribution in [2.45, 2.75) is 84.9 Å². The van der Waals surface area contributed by atoms with Crippen molar-refractivity contribution in [3.63, 3.8) is 0 Å². The zero-order chi connectivity index (χ0) is 20.7. The Morgan fingerprint density at radius 1 is 1.04 bits per heavy atom. The van der Waals surface area contributed by atoms with E-state index in [0.717, 1.165) is 5.92 Å². The van der Waals surface area contributed by atoms with Crippen molar-refractivity contribution in [2.24, 2.45) is 13.0 Å².